The summed E-state index contributed by atoms with van der Waals surface area (Å²) in [6.07, 6.45) is -2.56. The minimum absolute atomic E-state index is 0.0930. The van der Waals surface area contributed by atoms with Crippen LogP contribution in [0.15, 0.2) is 24.3 Å². The molecule has 2 heterocycles. The van der Waals surface area contributed by atoms with Crippen LogP contribution in [0, 0.1) is 0 Å². The summed E-state index contributed by atoms with van der Waals surface area (Å²) in [6.45, 7) is 0.685. The minimum atomic E-state index is -4.28. The van der Waals surface area contributed by atoms with E-state index in [1.807, 2.05) is 10.6 Å². The van der Waals surface area contributed by atoms with Crippen LogP contribution in [-0.2, 0) is 19.1 Å². The summed E-state index contributed by atoms with van der Waals surface area (Å²) in [4.78, 5) is 0. The third-order valence-corrected chi connectivity index (χ3v) is 3.50. The van der Waals surface area contributed by atoms with Gasteiger partial charge in [-0.25, -0.2) is 0 Å². The van der Waals surface area contributed by atoms with E-state index in [1.54, 1.807) is 6.07 Å². The zero-order valence-corrected chi connectivity index (χ0v) is 9.67. The average molecular weight is 254 g/mol. The van der Waals surface area contributed by atoms with Crippen molar-refractivity contribution in [3.05, 3.63) is 35.5 Å². The molecule has 0 fully saturated rings. The molecule has 1 aliphatic rings. The first kappa shape index (κ1) is 11.6. The summed E-state index contributed by atoms with van der Waals surface area (Å²) in [5, 5.41) is 0.647. The highest BCUT2D eigenvalue weighted by Gasteiger charge is 2.31. The van der Waals surface area contributed by atoms with Crippen molar-refractivity contribution in [2.75, 3.05) is 0 Å². The Morgan fingerprint density at radius 1 is 1.22 bits per heavy atom. The van der Waals surface area contributed by atoms with Crippen LogP contribution in [0.1, 0.15) is 17.7 Å². The summed E-state index contributed by atoms with van der Waals surface area (Å²) in [7, 11) is 0. The van der Waals surface area contributed by atoms with E-state index in [9.17, 15) is 13.2 Å². The van der Waals surface area contributed by atoms with Crippen LogP contribution in [0.3, 0.4) is 0 Å². The van der Waals surface area contributed by atoms with Gasteiger partial charge in [-0.3, -0.25) is 0 Å². The molecule has 2 nitrogen and oxygen atoms in total. The van der Waals surface area contributed by atoms with E-state index in [-0.39, 0.29) is 6.04 Å². The van der Waals surface area contributed by atoms with Crippen molar-refractivity contribution in [2.24, 2.45) is 5.73 Å². The maximum absolute atomic E-state index is 12.6. The summed E-state index contributed by atoms with van der Waals surface area (Å²) in [6, 6.07) is 5.83. The molecule has 0 saturated heterocycles. The predicted molar refractivity (Wildman–Crippen MR) is 63.2 cm³/mol. The van der Waals surface area contributed by atoms with Crippen LogP contribution in [0.4, 0.5) is 13.2 Å². The topological polar surface area (TPSA) is 30.9 Å². The Bertz CT molecular complexity index is 598. The molecule has 1 unspecified atom stereocenters. The Morgan fingerprint density at radius 2 is 2.00 bits per heavy atom. The number of alkyl halides is 3. The Labute approximate surface area is 102 Å². The van der Waals surface area contributed by atoms with Gasteiger partial charge in [0.25, 0.3) is 0 Å². The number of halogens is 3. The normalized spacial score (nSPS) is 20.1. The van der Waals surface area contributed by atoms with E-state index in [4.69, 9.17) is 5.73 Å². The van der Waals surface area contributed by atoms with E-state index in [2.05, 4.69) is 0 Å². The SMILES string of the molecule is NC1CCc2cc3cc(C(F)(F)F)ccc3n2C1. The number of fused-ring (bicyclic) bond motifs is 3. The Morgan fingerprint density at radius 3 is 2.72 bits per heavy atom. The number of nitrogens with two attached hydrogens (primary N) is 1. The average Bonchev–Trinajstić information content (AvgIpc) is 2.65. The molecule has 96 valence electrons. The first-order valence-electron chi connectivity index (χ1n) is 5.90. The van der Waals surface area contributed by atoms with Crippen LogP contribution in [-0.4, -0.2) is 10.6 Å². The molecule has 5 heteroatoms. The highest BCUT2D eigenvalue weighted by molar-refractivity contribution is 5.82. The smallest absolute Gasteiger partial charge is 0.343 e. The second kappa shape index (κ2) is 3.75. The van der Waals surface area contributed by atoms with Crippen LogP contribution in [0.25, 0.3) is 10.9 Å². The standard InChI is InChI=1S/C13H13F3N2/c14-13(15,16)9-1-4-12-8(5-9)6-11-3-2-10(17)7-18(11)12/h1,4-6,10H,2-3,7,17H2. The molecular formula is C13H13F3N2. The van der Waals surface area contributed by atoms with Crippen LogP contribution in [0.2, 0.25) is 0 Å². The van der Waals surface area contributed by atoms with Crippen molar-refractivity contribution in [3.8, 4) is 0 Å². The van der Waals surface area contributed by atoms with Crippen LogP contribution >= 0.6 is 0 Å². The summed E-state index contributed by atoms with van der Waals surface area (Å²) < 4.78 is 39.9. The van der Waals surface area contributed by atoms with Crippen molar-refractivity contribution >= 4 is 10.9 Å². The van der Waals surface area contributed by atoms with Crippen molar-refractivity contribution in [1.82, 2.24) is 4.57 Å². The van der Waals surface area contributed by atoms with Crippen molar-refractivity contribution < 1.29 is 13.2 Å². The molecule has 1 aromatic heterocycles. The van der Waals surface area contributed by atoms with Gasteiger partial charge in [-0.05, 0) is 37.1 Å². The second-order valence-electron chi connectivity index (χ2n) is 4.82. The molecule has 0 saturated carbocycles. The van der Waals surface area contributed by atoms with Crippen molar-refractivity contribution in [3.63, 3.8) is 0 Å². The lowest BCUT2D eigenvalue weighted by atomic mass is 10.1. The molecule has 0 bridgehead atoms. The Kier molecular flexibility index (Phi) is 2.41. The number of aromatic nitrogens is 1. The largest absolute Gasteiger partial charge is 0.416 e. The first-order chi connectivity index (χ1) is 8.45. The lowest BCUT2D eigenvalue weighted by molar-refractivity contribution is -0.137. The number of hydrogen-bond donors (Lipinski definition) is 1. The van der Waals surface area contributed by atoms with Gasteiger partial charge >= 0.3 is 6.18 Å². The molecule has 18 heavy (non-hydrogen) atoms. The van der Waals surface area contributed by atoms with Crippen LogP contribution < -0.4 is 5.73 Å². The number of benzene rings is 1. The van der Waals surface area contributed by atoms with Gasteiger partial charge < -0.3 is 10.3 Å². The summed E-state index contributed by atoms with van der Waals surface area (Å²) in [5.74, 6) is 0. The molecule has 0 amide bonds. The van der Waals surface area contributed by atoms with Gasteiger partial charge in [0.1, 0.15) is 0 Å². The number of hydrogen-bond acceptors (Lipinski definition) is 1. The fourth-order valence-electron chi connectivity index (χ4n) is 2.59. The molecule has 1 aromatic carbocycles. The zero-order chi connectivity index (χ0) is 12.9. The maximum atomic E-state index is 12.6. The van der Waals surface area contributed by atoms with Gasteiger partial charge in [-0.15, -0.1) is 0 Å². The predicted octanol–water partition coefficient (Wildman–Crippen LogP) is 2.93. The van der Waals surface area contributed by atoms with Gasteiger partial charge in [0.2, 0.25) is 0 Å². The Hall–Kier alpha value is -1.49. The zero-order valence-electron chi connectivity index (χ0n) is 9.67. The van der Waals surface area contributed by atoms with Gasteiger partial charge in [0.15, 0.2) is 0 Å². The monoisotopic (exact) mass is 254 g/mol. The molecule has 3 rings (SSSR count). The summed E-state index contributed by atoms with van der Waals surface area (Å²) in [5.41, 5.74) is 7.22. The number of nitrogens with zero attached hydrogens (tertiary/aromatic N) is 1. The molecule has 0 spiro atoms. The van der Waals surface area contributed by atoms with E-state index in [1.165, 1.54) is 6.07 Å². The fourth-order valence-corrected chi connectivity index (χ4v) is 2.59. The molecular weight excluding hydrogens is 241 g/mol. The highest BCUT2D eigenvalue weighted by Crippen LogP contribution is 2.33. The van der Waals surface area contributed by atoms with Crippen molar-refractivity contribution in [1.29, 1.82) is 0 Å². The molecule has 1 atom stereocenters. The van der Waals surface area contributed by atoms with Gasteiger partial charge in [-0.1, -0.05) is 0 Å². The van der Waals surface area contributed by atoms with E-state index in [0.29, 0.717) is 11.9 Å². The molecule has 2 N–H and O–H groups in total. The van der Waals surface area contributed by atoms with E-state index < -0.39 is 11.7 Å². The maximum Gasteiger partial charge on any atom is 0.416 e. The third-order valence-electron chi connectivity index (χ3n) is 3.50. The highest BCUT2D eigenvalue weighted by atomic mass is 19.4. The number of rotatable bonds is 0. The quantitative estimate of drug-likeness (QED) is 0.770. The molecule has 0 aliphatic carbocycles. The van der Waals surface area contributed by atoms with E-state index >= 15 is 0 Å². The summed E-state index contributed by atoms with van der Waals surface area (Å²) >= 11 is 0. The fraction of sp³-hybridized carbons (Fsp3) is 0.385. The van der Waals surface area contributed by atoms with E-state index in [0.717, 1.165) is 30.1 Å². The van der Waals surface area contributed by atoms with Crippen molar-refractivity contribution in [2.45, 2.75) is 31.6 Å². The molecule has 2 aromatic rings. The second-order valence-corrected chi connectivity index (χ2v) is 4.82. The minimum Gasteiger partial charge on any atom is -0.343 e. The van der Waals surface area contributed by atoms with Gasteiger partial charge in [0, 0.05) is 29.2 Å². The third kappa shape index (κ3) is 1.79. The molecule has 0 radical (unpaired) electrons. The van der Waals surface area contributed by atoms with Gasteiger partial charge in [-0.2, -0.15) is 13.2 Å². The van der Waals surface area contributed by atoms with Crippen LogP contribution in [0.5, 0.6) is 0 Å². The lowest BCUT2D eigenvalue weighted by Crippen LogP contribution is -2.31. The Balaban J connectivity index is 2.15. The first-order valence-corrected chi connectivity index (χ1v) is 5.90. The molecule has 1 aliphatic heterocycles. The lowest BCUT2D eigenvalue weighted by Gasteiger charge is -2.22. The van der Waals surface area contributed by atoms with Gasteiger partial charge in [0.05, 0.1) is 5.56 Å². The number of aryl methyl sites for hydroxylation is 1.